The first kappa shape index (κ1) is 13.9. The smallest absolute Gasteiger partial charge is 0.0388 e. The number of nitrogens with zero attached hydrogens (tertiary/aromatic N) is 1. The minimum absolute atomic E-state index is 0.515. The maximum absolute atomic E-state index is 3.81. The molecule has 2 fully saturated rings. The summed E-state index contributed by atoms with van der Waals surface area (Å²) >= 11 is 0. The van der Waals surface area contributed by atoms with Gasteiger partial charge in [0, 0.05) is 18.3 Å². The van der Waals surface area contributed by atoms with Gasteiger partial charge in [-0.05, 0) is 62.2 Å². The molecule has 0 radical (unpaired) electrons. The van der Waals surface area contributed by atoms with E-state index in [1.54, 1.807) is 0 Å². The van der Waals surface area contributed by atoms with Crippen LogP contribution in [0.3, 0.4) is 0 Å². The standard InChI is InChI=1S/C18H28N2/c1-18(2)10-9-16(13-18)19-17-8-4-3-7-15(17)14-20-11-5-6-12-20/h3-4,7-8,16,19H,5-6,9-14H2,1-2H3. The maximum atomic E-state index is 3.81. The van der Waals surface area contributed by atoms with Crippen molar-refractivity contribution < 1.29 is 0 Å². The molecule has 0 aromatic heterocycles. The van der Waals surface area contributed by atoms with Gasteiger partial charge in [0.2, 0.25) is 0 Å². The fraction of sp³-hybridized carbons (Fsp3) is 0.667. The highest BCUT2D eigenvalue weighted by molar-refractivity contribution is 5.52. The molecule has 3 rings (SSSR count). The van der Waals surface area contributed by atoms with Crippen molar-refractivity contribution in [1.29, 1.82) is 0 Å². The van der Waals surface area contributed by atoms with Crippen LogP contribution in [-0.4, -0.2) is 24.0 Å². The second-order valence-corrected chi connectivity index (χ2v) is 7.39. The van der Waals surface area contributed by atoms with Crippen molar-refractivity contribution in [3.63, 3.8) is 0 Å². The lowest BCUT2D eigenvalue weighted by atomic mass is 9.92. The topological polar surface area (TPSA) is 15.3 Å². The third-order valence-corrected chi connectivity index (χ3v) is 4.94. The van der Waals surface area contributed by atoms with Crippen LogP contribution in [0.2, 0.25) is 0 Å². The number of hydrogen-bond donors (Lipinski definition) is 1. The molecule has 110 valence electrons. The third kappa shape index (κ3) is 3.35. The Labute approximate surface area is 123 Å². The molecule has 20 heavy (non-hydrogen) atoms. The highest BCUT2D eigenvalue weighted by Gasteiger charge is 2.31. The summed E-state index contributed by atoms with van der Waals surface area (Å²) in [7, 11) is 0. The van der Waals surface area contributed by atoms with Gasteiger partial charge in [-0.15, -0.1) is 0 Å². The fourth-order valence-corrected chi connectivity index (χ4v) is 3.76. The Kier molecular flexibility index (Phi) is 4.02. The first-order valence-corrected chi connectivity index (χ1v) is 8.19. The van der Waals surface area contributed by atoms with Crippen molar-refractivity contribution in [1.82, 2.24) is 4.90 Å². The van der Waals surface area contributed by atoms with Gasteiger partial charge in [-0.25, -0.2) is 0 Å². The summed E-state index contributed by atoms with van der Waals surface area (Å²) in [6, 6.07) is 9.55. The van der Waals surface area contributed by atoms with Crippen LogP contribution in [0.5, 0.6) is 0 Å². The van der Waals surface area contributed by atoms with E-state index in [-0.39, 0.29) is 0 Å². The van der Waals surface area contributed by atoms with Gasteiger partial charge in [0.25, 0.3) is 0 Å². The largest absolute Gasteiger partial charge is 0.382 e. The van der Waals surface area contributed by atoms with Crippen LogP contribution in [0.25, 0.3) is 0 Å². The molecular formula is C18H28N2. The van der Waals surface area contributed by atoms with Crippen LogP contribution in [0, 0.1) is 5.41 Å². The highest BCUT2D eigenvalue weighted by Crippen LogP contribution is 2.38. The fourth-order valence-electron chi connectivity index (χ4n) is 3.76. The van der Waals surface area contributed by atoms with E-state index in [9.17, 15) is 0 Å². The molecule has 0 bridgehead atoms. The Hall–Kier alpha value is -1.02. The van der Waals surface area contributed by atoms with E-state index in [1.807, 2.05) is 0 Å². The SMILES string of the molecule is CC1(C)CCC(Nc2ccccc2CN2CCCC2)C1. The van der Waals surface area contributed by atoms with E-state index in [0.717, 1.165) is 6.54 Å². The van der Waals surface area contributed by atoms with Crippen LogP contribution in [0.1, 0.15) is 51.5 Å². The zero-order chi connectivity index (χ0) is 14.0. The summed E-state index contributed by atoms with van der Waals surface area (Å²) in [6.45, 7) is 8.44. The lowest BCUT2D eigenvalue weighted by molar-refractivity contribution is 0.332. The average Bonchev–Trinajstić information content (AvgIpc) is 3.02. The second kappa shape index (κ2) is 5.77. The molecule has 1 N–H and O–H groups in total. The number of para-hydroxylation sites is 1. The number of anilines is 1. The molecule has 1 aromatic carbocycles. The number of hydrogen-bond acceptors (Lipinski definition) is 2. The summed E-state index contributed by atoms with van der Waals surface area (Å²) in [5.41, 5.74) is 3.35. The Balaban J connectivity index is 1.66. The van der Waals surface area contributed by atoms with Gasteiger partial charge in [0.1, 0.15) is 0 Å². The molecule has 1 saturated heterocycles. The lowest BCUT2D eigenvalue weighted by Gasteiger charge is -2.22. The number of nitrogens with one attached hydrogen (secondary N) is 1. The van der Waals surface area contributed by atoms with Gasteiger partial charge in [-0.1, -0.05) is 32.0 Å². The molecule has 0 amide bonds. The number of rotatable bonds is 4. The van der Waals surface area contributed by atoms with E-state index < -0.39 is 0 Å². The van der Waals surface area contributed by atoms with E-state index >= 15 is 0 Å². The van der Waals surface area contributed by atoms with Crippen molar-refractivity contribution in [2.45, 2.75) is 58.5 Å². The van der Waals surface area contributed by atoms with Crippen LogP contribution in [0.15, 0.2) is 24.3 Å². The van der Waals surface area contributed by atoms with Gasteiger partial charge in [-0.2, -0.15) is 0 Å². The first-order valence-electron chi connectivity index (χ1n) is 8.19. The molecule has 1 atom stereocenters. The van der Waals surface area contributed by atoms with E-state index in [0.29, 0.717) is 11.5 Å². The van der Waals surface area contributed by atoms with Crippen LogP contribution in [-0.2, 0) is 6.54 Å². The highest BCUT2D eigenvalue weighted by atomic mass is 15.1. The van der Waals surface area contributed by atoms with Crippen LogP contribution >= 0.6 is 0 Å². The zero-order valence-corrected chi connectivity index (χ0v) is 13.0. The predicted molar refractivity (Wildman–Crippen MR) is 86.0 cm³/mol. The predicted octanol–water partition coefficient (Wildman–Crippen LogP) is 4.27. The lowest BCUT2D eigenvalue weighted by Crippen LogP contribution is -2.22. The van der Waals surface area contributed by atoms with Crippen molar-refractivity contribution >= 4 is 5.69 Å². The average molecular weight is 272 g/mol. The molecule has 0 spiro atoms. The molecule has 2 heteroatoms. The van der Waals surface area contributed by atoms with Crippen LogP contribution in [0.4, 0.5) is 5.69 Å². The monoisotopic (exact) mass is 272 g/mol. The van der Waals surface area contributed by atoms with Gasteiger partial charge >= 0.3 is 0 Å². The van der Waals surface area contributed by atoms with Gasteiger partial charge in [0.15, 0.2) is 0 Å². The van der Waals surface area contributed by atoms with Gasteiger partial charge < -0.3 is 5.32 Å². The Morgan fingerprint density at radius 2 is 1.95 bits per heavy atom. The summed E-state index contributed by atoms with van der Waals surface area (Å²) in [6.07, 6.45) is 6.69. The van der Waals surface area contributed by atoms with Crippen LogP contribution < -0.4 is 5.32 Å². The maximum Gasteiger partial charge on any atom is 0.0388 e. The molecule has 1 heterocycles. The summed E-state index contributed by atoms with van der Waals surface area (Å²) < 4.78 is 0. The molecule has 2 aliphatic rings. The Morgan fingerprint density at radius 1 is 1.20 bits per heavy atom. The Bertz CT molecular complexity index is 446. The summed E-state index contributed by atoms with van der Waals surface area (Å²) in [5.74, 6) is 0. The van der Waals surface area contributed by atoms with E-state index in [4.69, 9.17) is 0 Å². The normalized spacial score (nSPS) is 26.0. The molecule has 1 unspecified atom stereocenters. The van der Waals surface area contributed by atoms with E-state index in [2.05, 4.69) is 48.3 Å². The first-order chi connectivity index (χ1) is 9.62. The molecule has 2 nitrogen and oxygen atoms in total. The molecule has 1 aliphatic carbocycles. The van der Waals surface area contributed by atoms with Crippen molar-refractivity contribution in [3.05, 3.63) is 29.8 Å². The third-order valence-electron chi connectivity index (χ3n) is 4.94. The minimum atomic E-state index is 0.515. The molecule has 1 aliphatic heterocycles. The van der Waals surface area contributed by atoms with Crippen molar-refractivity contribution in [2.75, 3.05) is 18.4 Å². The molecule has 1 aromatic rings. The van der Waals surface area contributed by atoms with Crippen molar-refractivity contribution in [3.8, 4) is 0 Å². The summed E-state index contributed by atoms with van der Waals surface area (Å²) in [4.78, 5) is 2.58. The zero-order valence-electron chi connectivity index (χ0n) is 13.0. The molecule has 1 saturated carbocycles. The Morgan fingerprint density at radius 3 is 2.65 bits per heavy atom. The summed E-state index contributed by atoms with van der Waals surface area (Å²) in [5, 5.41) is 3.81. The van der Waals surface area contributed by atoms with Gasteiger partial charge in [0.05, 0.1) is 0 Å². The van der Waals surface area contributed by atoms with E-state index in [1.165, 1.54) is 56.4 Å². The molecular weight excluding hydrogens is 244 g/mol. The number of benzene rings is 1. The van der Waals surface area contributed by atoms with Crippen molar-refractivity contribution in [2.24, 2.45) is 5.41 Å². The number of likely N-dealkylation sites (tertiary alicyclic amines) is 1. The van der Waals surface area contributed by atoms with Gasteiger partial charge in [-0.3, -0.25) is 4.90 Å². The second-order valence-electron chi connectivity index (χ2n) is 7.39. The quantitative estimate of drug-likeness (QED) is 0.880. The minimum Gasteiger partial charge on any atom is -0.382 e.